The molecule has 0 fully saturated rings. The lowest BCUT2D eigenvalue weighted by atomic mass is 9.95. The van der Waals surface area contributed by atoms with E-state index in [1.165, 1.54) is 0 Å². The summed E-state index contributed by atoms with van der Waals surface area (Å²) in [7, 11) is 3.50. The number of methoxy groups -OCH3 is 1. The first kappa shape index (κ1) is 24.1. The summed E-state index contributed by atoms with van der Waals surface area (Å²) in [6, 6.07) is 14.1. The smallest absolute Gasteiger partial charge is 0.338 e. The molecule has 0 saturated carbocycles. The van der Waals surface area contributed by atoms with Crippen LogP contribution in [0.25, 0.3) is 0 Å². The number of para-hydroxylation sites is 1. The highest BCUT2D eigenvalue weighted by Gasteiger charge is 2.34. The largest absolute Gasteiger partial charge is 0.497 e. The number of benzene rings is 2. The van der Waals surface area contributed by atoms with Crippen molar-refractivity contribution in [2.75, 3.05) is 40.5 Å². The molecule has 0 aromatic heterocycles. The highest BCUT2D eigenvalue weighted by Crippen LogP contribution is 2.29. The molecule has 176 valence electrons. The summed E-state index contributed by atoms with van der Waals surface area (Å²) in [6.45, 7) is 5.41. The molecule has 0 bridgehead atoms. The molecular formula is C25H31N3O5. The van der Waals surface area contributed by atoms with Crippen molar-refractivity contribution in [3.63, 3.8) is 0 Å². The van der Waals surface area contributed by atoms with Gasteiger partial charge in [-0.3, -0.25) is 4.90 Å². The van der Waals surface area contributed by atoms with Crippen LogP contribution in [0.3, 0.4) is 0 Å². The summed E-state index contributed by atoms with van der Waals surface area (Å²) in [4.78, 5) is 27.3. The maximum Gasteiger partial charge on any atom is 0.338 e. The van der Waals surface area contributed by atoms with E-state index in [1.807, 2.05) is 55.3 Å². The number of hydrogen-bond donors (Lipinski definition) is 2. The third-order valence-electron chi connectivity index (χ3n) is 5.35. The first-order valence-corrected chi connectivity index (χ1v) is 10.9. The lowest BCUT2D eigenvalue weighted by molar-refractivity contribution is -0.139. The standard InChI is InChI=1S/C25H31N3O5/c1-5-32-24(29)22-20(16-28(3)14-15-33-21-9-7-6-8-17(21)2)26-25(30)27-23(22)18-10-12-19(31-4)13-11-18/h6-13,23H,5,14-16H2,1-4H3,(H2,26,27,30). The van der Waals surface area contributed by atoms with Crippen molar-refractivity contribution < 1.29 is 23.8 Å². The van der Waals surface area contributed by atoms with Gasteiger partial charge in [-0.1, -0.05) is 30.3 Å². The van der Waals surface area contributed by atoms with Crippen LogP contribution >= 0.6 is 0 Å². The van der Waals surface area contributed by atoms with Gasteiger partial charge in [0.2, 0.25) is 0 Å². The van der Waals surface area contributed by atoms with Crippen LogP contribution in [0.1, 0.15) is 24.1 Å². The van der Waals surface area contributed by atoms with E-state index in [4.69, 9.17) is 14.2 Å². The summed E-state index contributed by atoms with van der Waals surface area (Å²) in [5, 5.41) is 5.64. The topological polar surface area (TPSA) is 89.1 Å². The summed E-state index contributed by atoms with van der Waals surface area (Å²) in [5.41, 5.74) is 2.72. The van der Waals surface area contributed by atoms with Crippen molar-refractivity contribution in [3.8, 4) is 11.5 Å². The number of amides is 2. The molecule has 1 heterocycles. The zero-order valence-electron chi connectivity index (χ0n) is 19.5. The fourth-order valence-corrected chi connectivity index (χ4v) is 3.62. The molecule has 1 aliphatic heterocycles. The molecule has 3 rings (SSSR count). The average Bonchev–Trinajstić information content (AvgIpc) is 2.80. The molecule has 33 heavy (non-hydrogen) atoms. The predicted octanol–water partition coefficient (Wildman–Crippen LogP) is 3.19. The van der Waals surface area contributed by atoms with E-state index in [1.54, 1.807) is 26.2 Å². The van der Waals surface area contributed by atoms with Gasteiger partial charge in [-0.25, -0.2) is 9.59 Å². The van der Waals surface area contributed by atoms with Gasteiger partial charge in [-0.05, 0) is 50.2 Å². The number of urea groups is 1. The van der Waals surface area contributed by atoms with Crippen LogP contribution in [0, 0.1) is 6.92 Å². The van der Waals surface area contributed by atoms with Crippen molar-refractivity contribution in [1.82, 2.24) is 15.5 Å². The van der Waals surface area contributed by atoms with Crippen molar-refractivity contribution in [3.05, 3.63) is 70.9 Å². The Bertz CT molecular complexity index is 1000. The number of rotatable bonds is 10. The Hall–Kier alpha value is -3.52. The van der Waals surface area contributed by atoms with E-state index in [0.717, 1.165) is 16.9 Å². The van der Waals surface area contributed by atoms with Gasteiger partial charge in [0.05, 0.1) is 25.3 Å². The lowest BCUT2D eigenvalue weighted by Crippen LogP contribution is -2.48. The number of nitrogens with zero attached hydrogens (tertiary/aromatic N) is 1. The summed E-state index contributed by atoms with van der Waals surface area (Å²) in [5.74, 6) is 1.06. The van der Waals surface area contributed by atoms with Crippen LogP contribution in [-0.2, 0) is 9.53 Å². The third kappa shape index (κ3) is 6.26. The Morgan fingerprint density at radius 1 is 1.12 bits per heavy atom. The summed E-state index contributed by atoms with van der Waals surface area (Å²) >= 11 is 0. The van der Waals surface area contributed by atoms with Gasteiger partial charge in [0, 0.05) is 18.8 Å². The highest BCUT2D eigenvalue weighted by molar-refractivity contribution is 5.95. The molecule has 1 unspecified atom stereocenters. The first-order valence-electron chi connectivity index (χ1n) is 10.9. The van der Waals surface area contributed by atoms with Crippen LogP contribution in [-0.4, -0.2) is 57.4 Å². The van der Waals surface area contributed by atoms with Gasteiger partial charge in [-0.2, -0.15) is 0 Å². The van der Waals surface area contributed by atoms with Crippen LogP contribution < -0.4 is 20.1 Å². The molecule has 0 aliphatic carbocycles. The van der Waals surface area contributed by atoms with Gasteiger partial charge >= 0.3 is 12.0 Å². The fourth-order valence-electron chi connectivity index (χ4n) is 3.62. The minimum Gasteiger partial charge on any atom is -0.497 e. The van der Waals surface area contributed by atoms with Crippen LogP contribution in [0.15, 0.2) is 59.8 Å². The SMILES string of the molecule is CCOC(=O)C1=C(CN(C)CCOc2ccccc2C)NC(=O)NC1c1ccc(OC)cc1. The van der Waals surface area contributed by atoms with Gasteiger partial charge in [0.25, 0.3) is 0 Å². The van der Waals surface area contributed by atoms with Crippen molar-refractivity contribution in [1.29, 1.82) is 0 Å². The summed E-state index contributed by atoms with van der Waals surface area (Å²) < 4.78 is 16.4. The van der Waals surface area contributed by atoms with E-state index >= 15 is 0 Å². The number of carbonyl (C=O) groups excluding carboxylic acids is 2. The first-order chi connectivity index (χ1) is 15.9. The second kappa shape index (κ2) is 11.4. The molecule has 2 N–H and O–H groups in total. The normalized spacial score (nSPS) is 15.7. The zero-order chi connectivity index (χ0) is 23.8. The number of esters is 1. The monoisotopic (exact) mass is 453 g/mol. The number of aryl methyl sites for hydroxylation is 1. The second-order valence-corrected chi connectivity index (χ2v) is 7.77. The van der Waals surface area contributed by atoms with E-state index in [2.05, 4.69) is 10.6 Å². The molecule has 2 aromatic carbocycles. The van der Waals surface area contributed by atoms with Crippen LogP contribution in [0.5, 0.6) is 11.5 Å². The number of likely N-dealkylation sites (N-methyl/N-ethyl adjacent to an activating group) is 1. The Morgan fingerprint density at radius 2 is 1.85 bits per heavy atom. The van der Waals surface area contributed by atoms with Crippen molar-refractivity contribution in [2.45, 2.75) is 19.9 Å². The second-order valence-electron chi connectivity index (χ2n) is 7.77. The molecule has 1 atom stereocenters. The van der Waals surface area contributed by atoms with Gasteiger partial charge in [-0.15, -0.1) is 0 Å². The van der Waals surface area contributed by atoms with Crippen LogP contribution in [0.4, 0.5) is 4.79 Å². The number of nitrogens with one attached hydrogen (secondary N) is 2. The maximum atomic E-state index is 12.9. The third-order valence-corrected chi connectivity index (χ3v) is 5.35. The Morgan fingerprint density at radius 3 is 2.52 bits per heavy atom. The van der Waals surface area contributed by atoms with Crippen molar-refractivity contribution >= 4 is 12.0 Å². The Labute approximate surface area is 194 Å². The van der Waals surface area contributed by atoms with E-state index < -0.39 is 12.0 Å². The average molecular weight is 454 g/mol. The minimum absolute atomic E-state index is 0.235. The Balaban J connectivity index is 1.78. The van der Waals surface area contributed by atoms with Crippen molar-refractivity contribution in [2.24, 2.45) is 0 Å². The van der Waals surface area contributed by atoms with Crippen LogP contribution in [0.2, 0.25) is 0 Å². The highest BCUT2D eigenvalue weighted by atomic mass is 16.5. The molecule has 1 aliphatic rings. The summed E-state index contributed by atoms with van der Waals surface area (Å²) in [6.07, 6.45) is 0. The Kier molecular flexibility index (Phi) is 8.32. The molecule has 2 aromatic rings. The zero-order valence-corrected chi connectivity index (χ0v) is 19.5. The number of hydrogen-bond acceptors (Lipinski definition) is 6. The molecule has 8 nitrogen and oxygen atoms in total. The molecule has 0 saturated heterocycles. The van der Waals surface area contributed by atoms with Gasteiger partial charge in [0.1, 0.15) is 18.1 Å². The van der Waals surface area contributed by atoms with Gasteiger partial charge in [0.15, 0.2) is 0 Å². The molecule has 0 spiro atoms. The number of carbonyl (C=O) groups is 2. The molecule has 0 radical (unpaired) electrons. The molecule has 2 amide bonds. The maximum absolute atomic E-state index is 12.9. The van der Waals surface area contributed by atoms with E-state index in [9.17, 15) is 9.59 Å². The number of ether oxygens (including phenoxy) is 3. The fraction of sp³-hybridized carbons (Fsp3) is 0.360. The molecular weight excluding hydrogens is 422 g/mol. The molecule has 8 heteroatoms. The quantitative estimate of drug-likeness (QED) is 0.537. The predicted molar refractivity (Wildman–Crippen MR) is 125 cm³/mol. The van der Waals surface area contributed by atoms with E-state index in [-0.39, 0.29) is 12.6 Å². The minimum atomic E-state index is -0.629. The lowest BCUT2D eigenvalue weighted by Gasteiger charge is -2.31. The van der Waals surface area contributed by atoms with Gasteiger partial charge < -0.3 is 24.8 Å². The van der Waals surface area contributed by atoms with E-state index in [0.29, 0.717) is 36.7 Å².